The fourth-order valence-corrected chi connectivity index (χ4v) is 2.17. The first-order chi connectivity index (χ1) is 7.57. The molecule has 2 aromatic rings. The summed E-state index contributed by atoms with van der Waals surface area (Å²) in [6, 6.07) is 4.69. The Kier molecular flexibility index (Phi) is 2.42. The van der Waals surface area contributed by atoms with Gasteiger partial charge in [-0.1, -0.05) is 19.1 Å². The Morgan fingerprint density at radius 2 is 2.19 bits per heavy atom. The van der Waals surface area contributed by atoms with Crippen molar-refractivity contribution >= 4 is 16.9 Å². The van der Waals surface area contributed by atoms with Gasteiger partial charge in [0.05, 0.1) is 5.52 Å². The lowest BCUT2D eigenvalue weighted by Crippen LogP contribution is -2.07. The Morgan fingerprint density at radius 3 is 2.75 bits per heavy atom. The third-order valence-corrected chi connectivity index (χ3v) is 2.82. The third kappa shape index (κ3) is 1.30. The Balaban J connectivity index is 2.96. The molecule has 1 aromatic carbocycles. The normalized spacial score (nSPS) is 10.9. The molecule has 0 spiro atoms. The number of hydrogen-bond acceptors (Lipinski definition) is 1. The van der Waals surface area contributed by atoms with Gasteiger partial charge in [-0.05, 0) is 18.1 Å². The van der Waals surface area contributed by atoms with Crippen LogP contribution in [-0.4, -0.2) is 15.6 Å². The number of hydrogen-bond donors (Lipinski definition) is 1. The minimum Gasteiger partial charge on any atom is -0.477 e. The molecule has 0 bridgehead atoms. The minimum absolute atomic E-state index is 0.169. The van der Waals surface area contributed by atoms with Gasteiger partial charge >= 0.3 is 5.97 Å². The van der Waals surface area contributed by atoms with Crippen molar-refractivity contribution in [2.45, 2.75) is 13.3 Å². The highest BCUT2D eigenvalue weighted by molar-refractivity contribution is 5.98. The summed E-state index contributed by atoms with van der Waals surface area (Å²) in [6.07, 6.45) is 0.572. The predicted molar refractivity (Wildman–Crippen MR) is 59.2 cm³/mol. The number of aromatic carboxylic acids is 1. The van der Waals surface area contributed by atoms with Crippen molar-refractivity contribution in [2.24, 2.45) is 7.05 Å². The van der Waals surface area contributed by atoms with E-state index in [4.69, 9.17) is 5.11 Å². The summed E-state index contributed by atoms with van der Waals surface area (Å²) in [5.74, 6) is -1.41. The van der Waals surface area contributed by atoms with Crippen molar-refractivity contribution in [1.29, 1.82) is 0 Å². The van der Waals surface area contributed by atoms with Crippen molar-refractivity contribution in [3.63, 3.8) is 0 Å². The second-order valence-electron chi connectivity index (χ2n) is 3.68. The van der Waals surface area contributed by atoms with Gasteiger partial charge in [0.1, 0.15) is 11.5 Å². The first-order valence-corrected chi connectivity index (χ1v) is 5.07. The molecule has 4 heteroatoms. The molecule has 0 unspecified atom stereocenters. The molecule has 1 aromatic heterocycles. The lowest BCUT2D eigenvalue weighted by Gasteiger charge is -2.00. The van der Waals surface area contributed by atoms with E-state index in [1.54, 1.807) is 19.2 Å². The van der Waals surface area contributed by atoms with E-state index >= 15 is 0 Å². The van der Waals surface area contributed by atoms with Crippen molar-refractivity contribution in [2.75, 3.05) is 0 Å². The molecule has 0 amide bonds. The van der Waals surface area contributed by atoms with Crippen molar-refractivity contribution in [3.05, 3.63) is 35.3 Å². The van der Waals surface area contributed by atoms with E-state index < -0.39 is 5.97 Å². The number of halogens is 1. The summed E-state index contributed by atoms with van der Waals surface area (Å²) in [5.41, 5.74) is 1.21. The number of para-hydroxylation sites is 1. The maximum absolute atomic E-state index is 13.6. The highest BCUT2D eigenvalue weighted by atomic mass is 19.1. The van der Waals surface area contributed by atoms with Gasteiger partial charge in [0.2, 0.25) is 0 Å². The first-order valence-electron chi connectivity index (χ1n) is 5.07. The number of aromatic nitrogens is 1. The Labute approximate surface area is 92.1 Å². The van der Waals surface area contributed by atoms with E-state index in [2.05, 4.69) is 0 Å². The maximum Gasteiger partial charge on any atom is 0.352 e. The maximum atomic E-state index is 13.6. The predicted octanol–water partition coefficient (Wildman–Crippen LogP) is 2.58. The second-order valence-corrected chi connectivity index (χ2v) is 3.68. The molecule has 0 saturated heterocycles. The molecular formula is C12H12FNO2. The smallest absolute Gasteiger partial charge is 0.352 e. The molecule has 0 atom stereocenters. The van der Waals surface area contributed by atoms with Crippen LogP contribution < -0.4 is 0 Å². The summed E-state index contributed by atoms with van der Waals surface area (Å²) in [7, 11) is 1.58. The number of carbonyl (C=O) groups is 1. The summed E-state index contributed by atoms with van der Waals surface area (Å²) in [5, 5.41) is 9.81. The largest absolute Gasteiger partial charge is 0.477 e. The average molecular weight is 221 g/mol. The Bertz CT molecular complexity index is 572. The third-order valence-electron chi connectivity index (χ3n) is 2.82. The summed E-state index contributed by atoms with van der Waals surface area (Å²) >= 11 is 0. The van der Waals surface area contributed by atoms with Crippen molar-refractivity contribution in [1.82, 2.24) is 4.57 Å². The molecular weight excluding hydrogens is 209 g/mol. The van der Waals surface area contributed by atoms with Gasteiger partial charge in [-0.2, -0.15) is 0 Å². The standard InChI is InChI=1S/C12H12FNO2/c1-3-7-8-5-4-6-9(13)10(8)14(2)11(7)12(15)16/h4-6H,3H2,1-2H3,(H,15,16). The number of nitrogens with zero attached hydrogens (tertiary/aromatic N) is 1. The fourth-order valence-electron chi connectivity index (χ4n) is 2.17. The molecule has 1 heterocycles. The van der Waals surface area contributed by atoms with E-state index in [1.807, 2.05) is 6.92 Å². The van der Waals surface area contributed by atoms with Crippen LogP contribution in [0.15, 0.2) is 18.2 Å². The lowest BCUT2D eigenvalue weighted by molar-refractivity contribution is 0.0686. The van der Waals surface area contributed by atoms with Gasteiger partial charge in [-0.25, -0.2) is 9.18 Å². The van der Waals surface area contributed by atoms with Gasteiger partial charge in [0.15, 0.2) is 0 Å². The van der Waals surface area contributed by atoms with Gasteiger partial charge in [0, 0.05) is 12.4 Å². The van der Waals surface area contributed by atoms with E-state index in [0.29, 0.717) is 22.9 Å². The molecule has 0 saturated carbocycles. The molecule has 3 nitrogen and oxygen atoms in total. The molecule has 0 aliphatic heterocycles. The fraction of sp³-hybridized carbons (Fsp3) is 0.250. The van der Waals surface area contributed by atoms with Crippen LogP contribution in [0.2, 0.25) is 0 Å². The van der Waals surface area contributed by atoms with E-state index in [1.165, 1.54) is 10.6 Å². The topological polar surface area (TPSA) is 42.2 Å². The van der Waals surface area contributed by atoms with Gasteiger partial charge in [-0.15, -0.1) is 0 Å². The lowest BCUT2D eigenvalue weighted by atomic mass is 10.1. The van der Waals surface area contributed by atoms with Gasteiger partial charge in [-0.3, -0.25) is 0 Å². The Hall–Kier alpha value is -1.84. The van der Waals surface area contributed by atoms with Gasteiger partial charge < -0.3 is 9.67 Å². The van der Waals surface area contributed by atoms with Crippen LogP contribution in [0.4, 0.5) is 4.39 Å². The molecule has 1 N–H and O–H groups in total. The molecule has 2 rings (SSSR count). The van der Waals surface area contributed by atoms with Crippen LogP contribution in [-0.2, 0) is 13.5 Å². The number of benzene rings is 1. The first kappa shape index (κ1) is 10.7. The average Bonchev–Trinajstić information content (AvgIpc) is 2.52. The zero-order chi connectivity index (χ0) is 11.9. The summed E-state index contributed by atoms with van der Waals surface area (Å²) in [6.45, 7) is 1.87. The van der Waals surface area contributed by atoms with Crippen molar-refractivity contribution in [3.8, 4) is 0 Å². The molecule has 0 aliphatic carbocycles. The zero-order valence-corrected chi connectivity index (χ0v) is 9.12. The van der Waals surface area contributed by atoms with Crippen LogP contribution in [0.1, 0.15) is 23.0 Å². The van der Waals surface area contributed by atoms with Crippen LogP contribution in [0.5, 0.6) is 0 Å². The van der Waals surface area contributed by atoms with Crippen LogP contribution >= 0.6 is 0 Å². The summed E-state index contributed by atoms with van der Waals surface area (Å²) < 4.78 is 15.0. The van der Waals surface area contributed by atoms with Crippen LogP contribution in [0.3, 0.4) is 0 Å². The van der Waals surface area contributed by atoms with Crippen LogP contribution in [0, 0.1) is 5.82 Å². The molecule has 84 valence electrons. The monoisotopic (exact) mass is 221 g/mol. The molecule has 0 radical (unpaired) electrons. The number of rotatable bonds is 2. The quantitative estimate of drug-likeness (QED) is 0.846. The zero-order valence-electron chi connectivity index (χ0n) is 9.12. The van der Waals surface area contributed by atoms with E-state index in [9.17, 15) is 9.18 Å². The van der Waals surface area contributed by atoms with Crippen molar-refractivity contribution < 1.29 is 14.3 Å². The van der Waals surface area contributed by atoms with Gasteiger partial charge in [0.25, 0.3) is 0 Å². The molecule has 16 heavy (non-hydrogen) atoms. The summed E-state index contributed by atoms with van der Waals surface area (Å²) in [4.78, 5) is 11.1. The van der Waals surface area contributed by atoms with Crippen LogP contribution in [0.25, 0.3) is 10.9 Å². The number of carboxylic acids is 1. The highest BCUT2D eigenvalue weighted by Crippen LogP contribution is 2.27. The minimum atomic E-state index is -1.02. The molecule has 0 aliphatic rings. The number of fused-ring (bicyclic) bond motifs is 1. The molecule has 0 fully saturated rings. The van der Waals surface area contributed by atoms with E-state index in [0.717, 1.165) is 0 Å². The Morgan fingerprint density at radius 1 is 1.50 bits per heavy atom. The number of carboxylic acid groups (broad SMARTS) is 1. The highest BCUT2D eigenvalue weighted by Gasteiger charge is 2.20. The number of aryl methyl sites for hydroxylation is 2. The SMILES string of the molecule is CCc1c(C(=O)O)n(C)c2c(F)cccc12. The second kappa shape index (κ2) is 3.63. The van der Waals surface area contributed by atoms with E-state index in [-0.39, 0.29) is 11.5 Å².